The smallest absolute Gasteiger partial charge is 0.309 e. The summed E-state index contributed by atoms with van der Waals surface area (Å²) in [5.74, 6) is -1.29. The molecule has 0 bridgehead atoms. The van der Waals surface area contributed by atoms with Crippen LogP contribution in [0.1, 0.15) is 61.3 Å². The maximum absolute atomic E-state index is 12.1. The predicted molar refractivity (Wildman–Crippen MR) is 118 cm³/mol. The number of rotatable bonds is 10. The van der Waals surface area contributed by atoms with Crippen molar-refractivity contribution in [3.63, 3.8) is 0 Å². The van der Waals surface area contributed by atoms with Gasteiger partial charge in [0, 0.05) is 6.42 Å². The molecule has 0 amide bonds. The first-order valence-electron chi connectivity index (χ1n) is 10.6. The first-order chi connectivity index (χ1) is 12.3. The van der Waals surface area contributed by atoms with Gasteiger partial charge >= 0.3 is 5.97 Å². The summed E-state index contributed by atoms with van der Waals surface area (Å²) in [5, 5.41) is 10.1. The second-order valence-electron chi connectivity index (χ2n) is 9.58. The minimum Gasteiger partial charge on any atom is -0.481 e. The Bertz CT molecular complexity index is 527. The van der Waals surface area contributed by atoms with Crippen molar-refractivity contribution in [2.45, 2.75) is 109 Å². The Labute approximate surface area is 169 Å². The Hall–Kier alpha value is -0.436. The zero-order valence-corrected chi connectivity index (χ0v) is 21.0. The first-order valence-corrected chi connectivity index (χ1v) is 16.1. The number of aliphatic carboxylic acids is 1. The zero-order chi connectivity index (χ0) is 21.1. The molecule has 0 radical (unpaired) electrons. The Morgan fingerprint density at radius 2 is 1.70 bits per heavy atom. The first kappa shape index (κ1) is 24.6. The third-order valence-electron chi connectivity index (χ3n) is 7.00. The molecule has 0 aromatic carbocycles. The molecular weight excluding hydrogens is 372 g/mol. The van der Waals surface area contributed by atoms with Crippen LogP contribution in [0.3, 0.4) is 0 Å². The van der Waals surface area contributed by atoms with Crippen LogP contribution in [-0.4, -0.2) is 39.4 Å². The number of carbonyl (C=O) groups is 1. The Morgan fingerprint density at radius 3 is 2.07 bits per heavy atom. The van der Waals surface area contributed by atoms with E-state index >= 15 is 0 Å². The highest BCUT2D eigenvalue weighted by Gasteiger charge is 2.51. The molecule has 0 fully saturated rings. The molecule has 0 spiro atoms. The lowest BCUT2D eigenvalue weighted by Gasteiger charge is -2.44. The van der Waals surface area contributed by atoms with Crippen molar-refractivity contribution in [1.82, 2.24) is 0 Å². The van der Waals surface area contributed by atoms with E-state index in [0.29, 0.717) is 12.8 Å². The molecule has 0 aromatic rings. The summed E-state index contributed by atoms with van der Waals surface area (Å²) >= 11 is 0. The van der Waals surface area contributed by atoms with Gasteiger partial charge in [-0.05, 0) is 42.7 Å². The fourth-order valence-electron chi connectivity index (χ4n) is 3.86. The minimum absolute atomic E-state index is 0.0587. The van der Waals surface area contributed by atoms with Crippen molar-refractivity contribution >= 4 is 22.6 Å². The van der Waals surface area contributed by atoms with E-state index < -0.39 is 34.1 Å². The quantitative estimate of drug-likeness (QED) is 0.341. The molecule has 0 aliphatic heterocycles. The molecule has 1 aliphatic rings. The summed E-state index contributed by atoms with van der Waals surface area (Å²) in [6.45, 7) is 19.7. The minimum atomic E-state index is -1.96. The van der Waals surface area contributed by atoms with Crippen LogP contribution in [0.2, 0.25) is 36.3 Å². The molecule has 0 aromatic heterocycles. The molecule has 1 rings (SSSR count). The predicted octanol–water partition coefficient (Wildman–Crippen LogP) is 6.21. The molecule has 27 heavy (non-hydrogen) atoms. The molecule has 1 N–H and O–H groups in total. The number of carboxylic acid groups (broad SMARTS) is 1. The molecule has 2 unspecified atom stereocenters. The molecule has 0 saturated heterocycles. The highest BCUT2D eigenvalue weighted by Crippen LogP contribution is 2.45. The average Bonchev–Trinajstić information content (AvgIpc) is 2.94. The van der Waals surface area contributed by atoms with E-state index in [1.807, 2.05) is 13.0 Å². The van der Waals surface area contributed by atoms with Crippen LogP contribution in [0, 0.1) is 5.92 Å². The summed E-state index contributed by atoms with van der Waals surface area (Å²) in [6.07, 6.45) is 5.24. The van der Waals surface area contributed by atoms with E-state index in [4.69, 9.17) is 8.85 Å². The van der Waals surface area contributed by atoms with Crippen LogP contribution >= 0.6 is 0 Å². The maximum Gasteiger partial charge on any atom is 0.309 e. The molecule has 1 aliphatic carbocycles. The molecule has 6 heteroatoms. The van der Waals surface area contributed by atoms with Crippen LogP contribution in [0.4, 0.5) is 0 Å². The van der Waals surface area contributed by atoms with E-state index in [0.717, 1.165) is 18.1 Å². The average molecular weight is 415 g/mol. The number of hydrogen-bond acceptors (Lipinski definition) is 3. The van der Waals surface area contributed by atoms with Crippen LogP contribution in [0.5, 0.6) is 0 Å². The summed E-state index contributed by atoms with van der Waals surface area (Å²) in [7, 11) is -3.89. The lowest BCUT2D eigenvalue weighted by Crippen LogP contribution is -2.52. The van der Waals surface area contributed by atoms with E-state index in [-0.39, 0.29) is 11.1 Å². The van der Waals surface area contributed by atoms with Gasteiger partial charge in [-0.25, -0.2) is 0 Å². The molecule has 0 heterocycles. The highest BCUT2D eigenvalue weighted by atomic mass is 28.4. The Kier molecular flexibility index (Phi) is 8.14. The molecular formula is C21H42O4Si2. The van der Waals surface area contributed by atoms with Crippen LogP contribution in [-0.2, 0) is 13.6 Å². The fraction of sp³-hybridized carbons (Fsp3) is 0.857. The summed E-state index contributed by atoms with van der Waals surface area (Å²) in [5.41, 5.74) is -0.734. The van der Waals surface area contributed by atoms with Crippen LogP contribution < -0.4 is 0 Å². The highest BCUT2D eigenvalue weighted by molar-refractivity contribution is 6.74. The van der Waals surface area contributed by atoms with Gasteiger partial charge in [-0.15, -0.1) is 0 Å². The SMILES string of the molecule is CCC(C(=O)O)C1(O[Si](CC)(CC)CC)C=C[C@@H](O[Si](C)(C)C(C)(C)C)C1. The topological polar surface area (TPSA) is 55.8 Å². The fourth-order valence-corrected chi connectivity index (χ4v) is 8.17. The van der Waals surface area contributed by atoms with E-state index in [9.17, 15) is 9.90 Å². The van der Waals surface area contributed by atoms with Crippen molar-refractivity contribution in [2.75, 3.05) is 0 Å². The Balaban J connectivity index is 3.21. The third kappa shape index (κ3) is 5.34. The molecule has 3 atom stereocenters. The van der Waals surface area contributed by atoms with Gasteiger partial charge in [0.05, 0.1) is 17.6 Å². The lowest BCUT2D eigenvalue weighted by molar-refractivity contribution is -0.149. The monoisotopic (exact) mass is 414 g/mol. The number of hydrogen-bond donors (Lipinski definition) is 1. The van der Waals surface area contributed by atoms with Gasteiger partial charge in [0.2, 0.25) is 0 Å². The van der Waals surface area contributed by atoms with Gasteiger partial charge in [0.1, 0.15) is 0 Å². The molecule has 4 nitrogen and oxygen atoms in total. The number of carboxylic acids is 1. The van der Waals surface area contributed by atoms with E-state index in [1.165, 1.54) is 0 Å². The lowest BCUT2D eigenvalue weighted by atomic mass is 9.84. The van der Waals surface area contributed by atoms with Crippen molar-refractivity contribution in [1.29, 1.82) is 0 Å². The van der Waals surface area contributed by atoms with Crippen molar-refractivity contribution in [3.8, 4) is 0 Å². The molecule has 0 saturated carbocycles. The largest absolute Gasteiger partial charge is 0.481 e. The standard InChI is InChI=1S/C21H42O4Si2/c1-10-18(19(22)23)21(25-27(11-2,12-3)13-4)15-14-17(16-21)24-26(8,9)20(5,6)7/h14-15,17-18H,10-13,16H2,1-9H3,(H,22,23)/t17-,18?,21?/m1/s1. The van der Waals surface area contributed by atoms with Crippen LogP contribution in [0.15, 0.2) is 12.2 Å². The van der Waals surface area contributed by atoms with Crippen molar-refractivity contribution < 1.29 is 18.8 Å². The van der Waals surface area contributed by atoms with E-state index in [2.05, 4.69) is 60.7 Å². The third-order valence-corrected chi connectivity index (χ3v) is 16.2. The zero-order valence-electron chi connectivity index (χ0n) is 19.0. The maximum atomic E-state index is 12.1. The van der Waals surface area contributed by atoms with Gasteiger partial charge in [0.15, 0.2) is 16.6 Å². The van der Waals surface area contributed by atoms with Gasteiger partial charge in [0.25, 0.3) is 0 Å². The van der Waals surface area contributed by atoms with Gasteiger partial charge in [-0.3, -0.25) is 4.79 Å². The Morgan fingerprint density at radius 1 is 1.19 bits per heavy atom. The van der Waals surface area contributed by atoms with Gasteiger partial charge in [-0.2, -0.15) is 0 Å². The summed E-state index contributed by atoms with van der Waals surface area (Å²) in [4.78, 5) is 12.1. The second kappa shape index (κ2) is 8.93. The van der Waals surface area contributed by atoms with Crippen molar-refractivity contribution in [2.24, 2.45) is 5.92 Å². The molecule has 158 valence electrons. The van der Waals surface area contributed by atoms with Gasteiger partial charge < -0.3 is 14.0 Å². The van der Waals surface area contributed by atoms with Crippen LogP contribution in [0.25, 0.3) is 0 Å². The van der Waals surface area contributed by atoms with Gasteiger partial charge in [-0.1, -0.05) is 60.6 Å². The second-order valence-corrected chi connectivity index (χ2v) is 19.0. The van der Waals surface area contributed by atoms with Crippen molar-refractivity contribution in [3.05, 3.63) is 12.2 Å². The van der Waals surface area contributed by atoms with E-state index in [1.54, 1.807) is 0 Å². The summed E-state index contributed by atoms with van der Waals surface area (Å²) < 4.78 is 13.5. The summed E-state index contributed by atoms with van der Waals surface area (Å²) in [6, 6.07) is 3.04. The normalized spacial score (nSPS) is 25.0.